The van der Waals surface area contributed by atoms with Crippen molar-refractivity contribution in [3.63, 3.8) is 0 Å². The Bertz CT molecular complexity index is 2420. The lowest BCUT2D eigenvalue weighted by molar-refractivity contribution is -0.141. The number of pyridine rings is 1. The molecule has 0 aliphatic rings. The number of alkyl carbamates (subject to hydrolysis) is 1. The molecule has 0 radical (unpaired) electrons. The maximum absolute atomic E-state index is 14.3. The molecule has 0 unspecified atom stereocenters. The number of ketones is 1. The SMILES string of the molecule is CCOC(=O)CN(c1ccc2c(c1)c(C(=O)CCc1ccc(C(=N)NC(=O)OCc3ccccc3)cc1)cn2C)S(=O)(=O)c1cccc2cccnc12. The zero-order chi connectivity index (χ0) is 37.5. The Morgan fingerprint density at radius 3 is 2.40 bits per heavy atom. The van der Waals surface area contributed by atoms with E-state index in [1.165, 1.54) is 12.3 Å². The molecule has 0 atom stereocenters. The highest BCUT2D eigenvalue weighted by atomic mass is 32.2. The van der Waals surface area contributed by atoms with Gasteiger partial charge in [0.25, 0.3) is 10.0 Å². The molecule has 0 spiro atoms. The number of anilines is 1. The summed E-state index contributed by atoms with van der Waals surface area (Å²) in [6, 6.07) is 29.4. The third-order valence-electron chi connectivity index (χ3n) is 8.63. The first-order chi connectivity index (χ1) is 25.5. The van der Waals surface area contributed by atoms with Crippen LogP contribution < -0.4 is 9.62 Å². The first-order valence-corrected chi connectivity index (χ1v) is 18.3. The fourth-order valence-corrected chi connectivity index (χ4v) is 7.53. The van der Waals surface area contributed by atoms with Crippen molar-refractivity contribution >= 4 is 61.2 Å². The first-order valence-electron chi connectivity index (χ1n) is 16.8. The molecule has 6 aromatic rings. The first kappa shape index (κ1) is 36.5. The molecular formula is C40H37N5O7S. The number of fused-ring (bicyclic) bond motifs is 2. The van der Waals surface area contributed by atoms with Crippen LogP contribution in [0.1, 0.15) is 40.4 Å². The number of amidine groups is 1. The summed E-state index contributed by atoms with van der Waals surface area (Å²) in [5, 5.41) is 11.9. The number of hydrogen-bond acceptors (Lipinski definition) is 9. The van der Waals surface area contributed by atoms with Gasteiger partial charge in [0.15, 0.2) is 5.78 Å². The van der Waals surface area contributed by atoms with Gasteiger partial charge in [-0.05, 0) is 54.8 Å². The van der Waals surface area contributed by atoms with Crippen LogP contribution in [0.15, 0.2) is 120 Å². The Labute approximate surface area is 306 Å². The molecule has 4 aromatic carbocycles. The van der Waals surface area contributed by atoms with Gasteiger partial charge in [-0.3, -0.25) is 29.6 Å². The van der Waals surface area contributed by atoms with Gasteiger partial charge in [0.2, 0.25) is 0 Å². The van der Waals surface area contributed by atoms with E-state index >= 15 is 0 Å². The Kier molecular flexibility index (Phi) is 10.9. The number of esters is 1. The molecule has 0 saturated carbocycles. The van der Waals surface area contributed by atoms with Crippen LogP contribution in [0.2, 0.25) is 0 Å². The minimum absolute atomic E-state index is 0.0655. The second-order valence-electron chi connectivity index (χ2n) is 12.2. The lowest BCUT2D eigenvalue weighted by Gasteiger charge is -2.24. The Balaban J connectivity index is 1.19. The molecular weight excluding hydrogens is 695 g/mol. The van der Waals surface area contributed by atoms with Gasteiger partial charge in [-0.1, -0.05) is 72.8 Å². The summed E-state index contributed by atoms with van der Waals surface area (Å²) in [5.41, 5.74) is 3.71. The molecule has 0 fully saturated rings. The summed E-state index contributed by atoms with van der Waals surface area (Å²) < 4.78 is 41.7. The summed E-state index contributed by atoms with van der Waals surface area (Å²) >= 11 is 0. The zero-order valence-electron chi connectivity index (χ0n) is 29.1. The molecule has 270 valence electrons. The molecule has 0 aliphatic carbocycles. The highest BCUT2D eigenvalue weighted by Gasteiger charge is 2.30. The number of nitrogens with zero attached hydrogens (tertiary/aromatic N) is 3. The Morgan fingerprint density at radius 1 is 0.887 bits per heavy atom. The Morgan fingerprint density at radius 2 is 1.64 bits per heavy atom. The van der Waals surface area contributed by atoms with E-state index in [1.807, 2.05) is 30.3 Å². The van der Waals surface area contributed by atoms with E-state index < -0.39 is 28.6 Å². The molecule has 0 bridgehead atoms. The van der Waals surface area contributed by atoms with Gasteiger partial charge < -0.3 is 14.0 Å². The van der Waals surface area contributed by atoms with Crippen molar-refractivity contribution in [2.45, 2.75) is 31.3 Å². The zero-order valence-corrected chi connectivity index (χ0v) is 29.9. The van der Waals surface area contributed by atoms with E-state index in [-0.39, 0.29) is 47.4 Å². The van der Waals surface area contributed by atoms with Crippen molar-refractivity contribution in [1.82, 2.24) is 14.9 Å². The largest absolute Gasteiger partial charge is 0.465 e. The number of carbonyl (C=O) groups excluding carboxylic acids is 3. The minimum Gasteiger partial charge on any atom is -0.465 e. The summed E-state index contributed by atoms with van der Waals surface area (Å²) in [4.78, 5) is 42.9. The number of ether oxygens (including phenoxy) is 2. The van der Waals surface area contributed by atoms with Gasteiger partial charge in [0.1, 0.15) is 23.9 Å². The van der Waals surface area contributed by atoms with Crippen molar-refractivity contribution in [3.05, 3.63) is 138 Å². The number of sulfonamides is 1. The van der Waals surface area contributed by atoms with E-state index in [0.29, 0.717) is 33.8 Å². The lowest BCUT2D eigenvalue weighted by Crippen LogP contribution is -2.36. The van der Waals surface area contributed by atoms with Crippen LogP contribution in [0.4, 0.5) is 10.5 Å². The van der Waals surface area contributed by atoms with Crippen LogP contribution in [0.3, 0.4) is 0 Å². The molecule has 53 heavy (non-hydrogen) atoms. The monoisotopic (exact) mass is 731 g/mol. The fourth-order valence-electron chi connectivity index (χ4n) is 5.96. The van der Waals surface area contributed by atoms with E-state index in [9.17, 15) is 22.8 Å². The maximum Gasteiger partial charge on any atom is 0.413 e. The van der Waals surface area contributed by atoms with Crippen LogP contribution in [-0.2, 0) is 44.4 Å². The van der Waals surface area contributed by atoms with Gasteiger partial charge in [-0.2, -0.15) is 0 Å². The minimum atomic E-state index is -4.33. The second kappa shape index (κ2) is 15.9. The van der Waals surface area contributed by atoms with E-state index in [0.717, 1.165) is 15.4 Å². The number of aryl methyl sites for hydroxylation is 2. The third kappa shape index (κ3) is 8.26. The van der Waals surface area contributed by atoms with Gasteiger partial charge >= 0.3 is 12.1 Å². The highest BCUT2D eigenvalue weighted by Crippen LogP contribution is 2.32. The van der Waals surface area contributed by atoms with Gasteiger partial charge in [0.05, 0.1) is 17.8 Å². The second-order valence-corrected chi connectivity index (χ2v) is 14.0. The summed E-state index contributed by atoms with van der Waals surface area (Å²) in [7, 11) is -2.53. The van der Waals surface area contributed by atoms with Crippen molar-refractivity contribution < 1.29 is 32.3 Å². The topological polar surface area (TPSA) is 161 Å². The predicted molar refractivity (Wildman–Crippen MR) is 202 cm³/mol. The standard InChI is InChI=1S/C40H37N5O7S/c1-3-51-37(47)25-45(53(49,50)36-13-7-11-29-12-8-22-42-38(29)36)31-19-20-34-32(23-31)33(24-44(34)2)35(46)21-16-27-14-17-30(18-15-27)39(41)43-40(48)52-26-28-9-5-4-6-10-28/h4-15,17-20,22-24H,3,16,21,25-26H2,1-2H3,(H2,41,43,48). The number of hydrogen-bond donors (Lipinski definition) is 2. The summed E-state index contributed by atoms with van der Waals surface area (Å²) in [6.45, 7) is 1.21. The molecule has 2 aromatic heterocycles. The molecule has 13 heteroatoms. The summed E-state index contributed by atoms with van der Waals surface area (Å²) in [6.07, 6.45) is 3.03. The number of amides is 1. The van der Waals surface area contributed by atoms with Crippen LogP contribution in [0.25, 0.3) is 21.8 Å². The quantitative estimate of drug-likeness (QED) is 0.0585. The van der Waals surface area contributed by atoms with E-state index in [2.05, 4.69) is 10.3 Å². The molecule has 2 N–H and O–H groups in total. The van der Waals surface area contributed by atoms with Gasteiger partial charge in [-0.25, -0.2) is 13.2 Å². The maximum atomic E-state index is 14.3. The van der Waals surface area contributed by atoms with Crippen LogP contribution in [0, 0.1) is 5.41 Å². The number of aromatic nitrogens is 2. The number of benzene rings is 4. The number of carbonyl (C=O) groups is 3. The third-order valence-corrected chi connectivity index (χ3v) is 10.4. The molecule has 0 aliphatic heterocycles. The smallest absolute Gasteiger partial charge is 0.413 e. The fraction of sp³-hybridized carbons (Fsp3) is 0.175. The van der Waals surface area contributed by atoms with Crippen LogP contribution in [0.5, 0.6) is 0 Å². The van der Waals surface area contributed by atoms with Crippen molar-refractivity contribution in [3.8, 4) is 0 Å². The predicted octanol–water partition coefficient (Wildman–Crippen LogP) is 6.55. The average molecular weight is 732 g/mol. The molecule has 6 rings (SSSR count). The average Bonchev–Trinajstić information content (AvgIpc) is 3.50. The number of Topliss-reactive ketones (excluding diaryl/α,β-unsaturated/α-hetero) is 1. The molecule has 1 amide bonds. The Hall–Kier alpha value is -6.34. The van der Waals surface area contributed by atoms with Crippen LogP contribution in [-0.4, -0.2) is 54.8 Å². The van der Waals surface area contributed by atoms with E-state index in [4.69, 9.17) is 14.9 Å². The number of rotatable bonds is 13. The van der Waals surface area contributed by atoms with Crippen molar-refractivity contribution in [2.75, 3.05) is 17.5 Å². The van der Waals surface area contributed by atoms with Crippen LogP contribution >= 0.6 is 0 Å². The normalized spacial score (nSPS) is 11.3. The van der Waals surface area contributed by atoms with Crippen molar-refractivity contribution in [1.29, 1.82) is 5.41 Å². The molecule has 12 nitrogen and oxygen atoms in total. The molecule has 2 heterocycles. The number of para-hydroxylation sites is 1. The van der Waals surface area contributed by atoms with Gasteiger partial charge in [-0.15, -0.1) is 0 Å². The lowest BCUT2D eigenvalue weighted by atomic mass is 10.0. The number of nitrogens with one attached hydrogen (secondary N) is 2. The highest BCUT2D eigenvalue weighted by molar-refractivity contribution is 7.93. The molecule has 0 saturated heterocycles. The summed E-state index contributed by atoms with van der Waals surface area (Å²) in [5.74, 6) is -1.01. The van der Waals surface area contributed by atoms with E-state index in [1.54, 1.807) is 91.5 Å². The van der Waals surface area contributed by atoms with Gasteiger partial charge in [0, 0.05) is 53.3 Å². The van der Waals surface area contributed by atoms with Crippen molar-refractivity contribution in [2.24, 2.45) is 7.05 Å².